The molecule has 0 aliphatic carbocycles. The molecule has 0 aromatic carbocycles. The minimum atomic E-state index is -3.20. The number of rotatable bonds is 2. The van der Waals surface area contributed by atoms with Crippen molar-refractivity contribution in [2.75, 3.05) is 5.75 Å². The molecule has 2 heterocycles. The van der Waals surface area contributed by atoms with Gasteiger partial charge < -0.3 is 4.52 Å². The Kier molecular flexibility index (Phi) is 2.79. The van der Waals surface area contributed by atoms with Crippen LogP contribution < -0.4 is 0 Å². The molecule has 1 aliphatic heterocycles. The molecule has 0 N–H and O–H groups in total. The van der Waals surface area contributed by atoms with Crippen LogP contribution >= 0.6 is 0 Å². The van der Waals surface area contributed by atoms with E-state index in [1.165, 1.54) is 6.92 Å². The van der Waals surface area contributed by atoms with Crippen molar-refractivity contribution < 1.29 is 17.7 Å². The molecule has 1 aliphatic rings. The van der Waals surface area contributed by atoms with Crippen LogP contribution in [-0.2, 0) is 9.84 Å². The van der Waals surface area contributed by atoms with E-state index in [0.717, 1.165) is 6.42 Å². The van der Waals surface area contributed by atoms with Gasteiger partial charge in [0.1, 0.15) is 5.25 Å². The second kappa shape index (κ2) is 3.97. The fraction of sp³-hybridized carbons (Fsp3) is 0.667. The topological polar surface area (TPSA) is 90.1 Å². The van der Waals surface area contributed by atoms with Gasteiger partial charge in [0, 0.05) is 6.92 Å². The highest BCUT2D eigenvalue weighted by Crippen LogP contribution is 2.32. The van der Waals surface area contributed by atoms with E-state index in [2.05, 4.69) is 10.1 Å². The normalized spacial score (nSPS) is 24.2. The number of ketones is 1. The second-order valence-corrected chi connectivity index (χ2v) is 6.17. The first kappa shape index (κ1) is 11.3. The largest absolute Gasteiger partial charge is 0.337 e. The fourth-order valence-corrected chi connectivity index (χ4v) is 3.56. The first-order valence-electron chi connectivity index (χ1n) is 5.07. The average Bonchev–Trinajstić information content (AvgIpc) is 2.65. The van der Waals surface area contributed by atoms with Crippen molar-refractivity contribution in [2.24, 2.45) is 0 Å². The maximum absolute atomic E-state index is 11.7. The summed E-state index contributed by atoms with van der Waals surface area (Å²) >= 11 is 0. The van der Waals surface area contributed by atoms with E-state index >= 15 is 0 Å². The number of carbonyl (C=O) groups is 1. The third-order valence-electron chi connectivity index (χ3n) is 2.61. The van der Waals surface area contributed by atoms with E-state index in [4.69, 9.17) is 4.52 Å². The van der Waals surface area contributed by atoms with Crippen LogP contribution in [0.15, 0.2) is 4.52 Å². The quantitative estimate of drug-likeness (QED) is 0.718. The van der Waals surface area contributed by atoms with Gasteiger partial charge in [0.15, 0.2) is 9.84 Å². The molecule has 1 aromatic heterocycles. The molecule has 0 spiro atoms. The van der Waals surface area contributed by atoms with Crippen molar-refractivity contribution in [3.05, 3.63) is 11.7 Å². The van der Waals surface area contributed by atoms with Crippen molar-refractivity contribution >= 4 is 15.6 Å². The Bertz CT molecular complexity index is 505. The summed E-state index contributed by atoms with van der Waals surface area (Å²) in [6.45, 7) is 1.31. The SMILES string of the molecule is CC(=O)c1noc(C2CCCCS2(=O)=O)n1. The lowest BCUT2D eigenvalue weighted by Gasteiger charge is -2.18. The summed E-state index contributed by atoms with van der Waals surface area (Å²) in [6, 6.07) is 0. The molecule has 1 fully saturated rings. The molecule has 16 heavy (non-hydrogen) atoms. The van der Waals surface area contributed by atoms with E-state index in [1.807, 2.05) is 0 Å². The molecule has 0 saturated carbocycles. The van der Waals surface area contributed by atoms with Gasteiger partial charge in [-0.1, -0.05) is 11.6 Å². The van der Waals surface area contributed by atoms with Crippen LogP contribution in [0.1, 0.15) is 47.9 Å². The molecule has 0 radical (unpaired) electrons. The number of carbonyl (C=O) groups excluding carboxylic acids is 1. The zero-order valence-corrected chi connectivity index (χ0v) is 9.66. The number of aromatic nitrogens is 2. The Morgan fingerprint density at radius 1 is 1.44 bits per heavy atom. The molecule has 0 bridgehead atoms. The van der Waals surface area contributed by atoms with Gasteiger partial charge in [-0.05, 0) is 12.8 Å². The summed E-state index contributed by atoms with van der Waals surface area (Å²) < 4.78 is 28.3. The third kappa shape index (κ3) is 1.99. The number of nitrogens with zero attached hydrogens (tertiary/aromatic N) is 2. The summed E-state index contributed by atoms with van der Waals surface area (Å²) in [5.74, 6) is -0.195. The van der Waals surface area contributed by atoms with E-state index < -0.39 is 15.1 Å². The summed E-state index contributed by atoms with van der Waals surface area (Å²) in [4.78, 5) is 14.8. The van der Waals surface area contributed by atoms with Gasteiger partial charge in [-0.3, -0.25) is 4.79 Å². The molecule has 88 valence electrons. The third-order valence-corrected chi connectivity index (χ3v) is 4.77. The second-order valence-electron chi connectivity index (χ2n) is 3.86. The van der Waals surface area contributed by atoms with Gasteiger partial charge >= 0.3 is 0 Å². The Morgan fingerprint density at radius 3 is 2.75 bits per heavy atom. The van der Waals surface area contributed by atoms with Crippen molar-refractivity contribution in [3.8, 4) is 0 Å². The van der Waals surface area contributed by atoms with Crippen LogP contribution in [0.2, 0.25) is 0 Å². The first-order valence-corrected chi connectivity index (χ1v) is 6.78. The number of Topliss-reactive ketones (excluding diaryl/α,β-unsaturated/α-hetero) is 1. The standard InChI is InChI=1S/C9H12N2O4S/c1-6(12)8-10-9(15-11-8)7-4-2-3-5-16(7,13)14/h7H,2-5H2,1H3. The monoisotopic (exact) mass is 244 g/mol. The molecule has 1 saturated heterocycles. The van der Waals surface area contributed by atoms with Crippen LogP contribution in [0.5, 0.6) is 0 Å². The average molecular weight is 244 g/mol. The van der Waals surface area contributed by atoms with Crippen molar-refractivity contribution in [1.82, 2.24) is 10.1 Å². The maximum atomic E-state index is 11.7. The number of hydrogen-bond donors (Lipinski definition) is 0. The molecular formula is C9H12N2O4S. The number of sulfone groups is 1. The van der Waals surface area contributed by atoms with Gasteiger partial charge in [0.05, 0.1) is 5.75 Å². The predicted octanol–water partition coefficient (Wildman–Crippen LogP) is 0.912. The molecule has 7 heteroatoms. The van der Waals surface area contributed by atoms with Gasteiger partial charge in [-0.25, -0.2) is 8.42 Å². The lowest BCUT2D eigenvalue weighted by atomic mass is 10.2. The molecule has 1 unspecified atom stereocenters. The first-order chi connectivity index (χ1) is 7.50. The minimum absolute atomic E-state index is 0.0462. The van der Waals surface area contributed by atoms with E-state index in [-0.39, 0.29) is 23.3 Å². The van der Waals surface area contributed by atoms with Crippen LogP contribution in [-0.4, -0.2) is 30.1 Å². The molecule has 2 rings (SSSR count). The highest BCUT2D eigenvalue weighted by Gasteiger charge is 2.34. The highest BCUT2D eigenvalue weighted by molar-refractivity contribution is 7.91. The molecule has 0 amide bonds. The van der Waals surface area contributed by atoms with Crippen molar-refractivity contribution in [3.63, 3.8) is 0 Å². The summed E-state index contributed by atoms with van der Waals surface area (Å²) in [6.07, 6.45) is 1.98. The van der Waals surface area contributed by atoms with E-state index in [0.29, 0.717) is 12.8 Å². The van der Waals surface area contributed by atoms with E-state index in [1.54, 1.807) is 0 Å². The molecule has 6 nitrogen and oxygen atoms in total. The summed E-state index contributed by atoms with van der Waals surface area (Å²) in [5, 5.41) is 2.72. The Labute approximate surface area is 93.0 Å². The molecular weight excluding hydrogens is 232 g/mol. The Hall–Kier alpha value is -1.24. The smallest absolute Gasteiger partial charge is 0.245 e. The van der Waals surface area contributed by atoms with Gasteiger partial charge in [-0.2, -0.15) is 4.98 Å². The summed E-state index contributed by atoms with van der Waals surface area (Å²) in [5.41, 5.74) is 0. The van der Waals surface area contributed by atoms with E-state index in [9.17, 15) is 13.2 Å². The maximum Gasteiger partial charge on any atom is 0.245 e. The highest BCUT2D eigenvalue weighted by atomic mass is 32.2. The minimum Gasteiger partial charge on any atom is -0.337 e. The predicted molar refractivity (Wildman–Crippen MR) is 54.7 cm³/mol. The molecule has 1 aromatic rings. The van der Waals surface area contributed by atoms with Crippen LogP contribution in [0.25, 0.3) is 0 Å². The van der Waals surface area contributed by atoms with Crippen LogP contribution in [0.4, 0.5) is 0 Å². The Balaban J connectivity index is 2.32. The van der Waals surface area contributed by atoms with Crippen molar-refractivity contribution in [1.29, 1.82) is 0 Å². The van der Waals surface area contributed by atoms with Gasteiger partial charge in [0.25, 0.3) is 0 Å². The van der Waals surface area contributed by atoms with Crippen LogP contribution in [0.3, 0.4) is 0 Å². The van der Waals surface area contributed by atoms with Gasteiger partial charge in [-0.15, -0.1) is 0 Å². The van der Waals surface area contributed by atoms with Gasteiger partial charge in [0.2, 0.25) is 17.5 Å². The summed E-state index contributed by atoms with van der Waals surface area (Å²) in [7, 11) is -3.20. The lowest BCUT2D eigenvalue weighted by molar-refractivity contribution is 0.100. The number of hydrogen-bond acceptors (Lipinski definition) is 6. The lowest BCUT2D eigenvalue weighted by Crippen LogP contribution is -2.21. The Morgan fingerprint density at radius 2 is 2.19 bits per heavy atom. The molecule has 1 atom stereocenters. The zero-order valence-electron chi connectivity index (χ0n) is 8.84. The van der Waals surface area contributed by atoms with Crippen molar-refractivity contribution in [2.45, 2.75) is 31.4 Å². The zero-order chi connectivity index (χ0) is 11.8. The fourth-order valence-electron chi connectivity index (χ4n) is 1.74. The van der Waals surface area contributed by atoms with Crippen LogP contribution in [0, 0.1) is 0 Å².